The van der Waals surface area contributed by atoms with E-state index in [1.54, 1.807) is 14.2 Å². The molecule has 4 heteroatoms. The highest BCUT2D eigenvalue weighted by molar-refractivity contribution is 5.48. The zero-order valence-electron chi connectivity index (χ0n) is 17.1. The van der Waals surface area contributed by atoms with Gasteiger partial charge in [0.2, 0.25) is 0 Å². The molecule has 0 amide bonds. The maximum absolute atomic E-state index is 10.0. The van der Waals surface area contributed by atoms with Crippen molar-refractivity contribution >= 4 is 0 Å². The quantitative estimate of drug-likeness (QED) is 0.806. The zero-order valence-corrected chi connectivity index (χ0v) is 17.1. The Kier molecular flexibility index (Phi) is 8.14. The van der Waals surface area contributed by atoms with Crippen molar-refractivity contribution in [2.24, 2.45) is 11.8 Å². The van der Waals surface area contributed by atoms with Crippen molar-refractivity contribution in [2.75, 3.05) is 27.4 Å². The molecule has 0 bridgehead atoms. The smallest absolute Gasteiger partial charge is 0.125 e. The topological polar surface area (TPSA) is 47.9 Å². The molecular weight excluding hydrogens is 340 g/mol. The van der Waals surface area contributed by atoms with E-state index in [0.717, 1.165) is 29.0 Å². The number of rotatable bonds is 6. The van der Waals surface area contributed by atoms with Gasteiger partial charge in [0.05, 0.1) is 26.9 Å². The predicted octanol–water partition coefficient (Wildman–Crippen LogP) is 4.58. The van der Waals surface area contributed by atoms with Gasteiger partial charge in [-0.25, -0.2) is 0 Å². The normalized spacial score (nSPS) is 21.3. The van der Waals surface area contributed by atoms with E-state index in [2.05, 4.69) is 12.1 Å². The highest BCUT2D eigenvalue weighted by Crippen LogP contribution is 2.42. The molecule has 0 aliphatic carbocycles. The summed E-state index contributed by atoms with van der Waals surface area (Å²) in [6.07, 6.45) is 0.755. The molecule has 1 heterocycles. The highest BCUT2D eigenvalue weighted by Gasteiger charge is 2.38. The summed E-state index contributed by atoms with van der Waals surface area (Å²) in [7, 11) is 3.31. The Morgan fingerprint density at radius 1 is 1.04 bits per heavy atom. The van der Waals surface area contributed by atoms with Crippen LogP contribution in [0.25, 0.3) is 0 Å². The summed E-state index contributed by atoms with van der Waals surface area (Å²) < 4.78 is 17.1. The summed E-state index contributed by atoms with van der Waals surface area (Å²) in [5, 5.41) is 10.0. The van der Waals surface area contributed by atoms with E-state index >= 15 is 0 Å². The maximum Gasteiger partial charge on any atom is 0.125 e. The Morgan fingerprint density at radius 3 is 2.15 bits per heavy atom. The van der Waals surface area contributed by atoms with E-state index in [1.807, 2.05) is 51.1 Å². The van der Waals surface area contributed by atoms with Gasteiger partial charge in [-0.3, -0.25) is 0 Å². The van der Waals surface area contributed by atoms with Crippen LogP contribution >= 0.6 is 0 Å². The first-order valence-corrected chi connectivity index (χ1v) is 9.66. The summed E-state index contributed by atoms with van der Waals surface area (Å²) in [6.45, 7) is 6.71. The van der Waals surface area contributed by atoms with Crippen LogP contribution in [0.4, 0.5) is 0 Å². The number of hydrogen-bond donors (Lipinski definition) is 1. The lowest BCUT2D eigenvalue weighted by atomic mass is 9.84. The van der Waals surface area contributed by atoms with Crippen LogP contribution in [0.15, 0.2) is 42.5 Å². The number of methoxy groups -OCH3 is 2. The van der Waals surface area contributed by atoms with Gasteiger partial charge in [0.1, 0.15) is 11.5 Å². The summed E-state index contributed by atoms with van der Waals surface area (Å²) in [5.74, 6) is 1.90. The van der Waals surface area contributed by atoms with Crippen LogP contribution in [-0.2, 0) is 11.2 Å². The minimum atomic E-state index is -0.151. The molecule has 148 valence electrons. The van der Waals surface area contributed by atoms with Crippen molar-refractivity contribution in [2.45, 2.75) is 33.3 Å². The Hall–Kier alpha value is -2.04. The number of hydrogen-bond acceptors (Lipinski definition) is 4. The minimum Gasteiger partial charge on any atom is -0.496 e. The molecule has 0 spiro atoms. The van der Waals surface area contributed by atoms with Gasteiger partial charge < -0.3 is 19.3 Å². The van der Waals surface area contributed by atoms with Crippen LogP contribution in [0, 0.1) is 18.8 Å². The van der Waals surface area contributed by atoms with Gasteiger partial charge in [0, 0.05) is 18.1 Å². The second-order valence-corrected chi connectivity index (χ2v) is 6.60. The predicted molar refractivity (Wildman–Crippen MR) is 109 cm³/mol. The SMILES string of the molecule is CC.COc1cc(C2OC[C@H](Cc3ccccc3)[C@@H]2CO)cc(OC)c1C. The molecule has 1 aliphatic rings. The van der Waals surface area contributed by atoms with E-state index in [1.165, 1.54) is 5.56 Å². The first-order valence-electron chi connectivity index (χ1n) is 9.66. The summed E-state index contributed by atoms with van der Waals surface area (Å²) >= 11 is 0. The average Bonchev–Trinajstić information content (AvgIpc) is 3.13. The minimum absolute atomic E-state index is 0.0531. The maximum atomic E-state index is 10.0. The lowest BCUT2D eigenvalue weighted by Gasteiger charge is -2.23. The second kappa shape index (κ2) is 10.3. The van der Waals surface area contributed by atoms with Gasteiger partial charge in [-0.05, 0) is 42.5 Å². The fourth-order valence-electron chi connectivity index (χ4n) is 3.71. The molecule has 1 unspecified atom stereocenters. The summed E-state index contributed by atoms with van der Waals surface area (Å²) in [6, 6.07) is 14.4. The van der Waals surface area contributed by atoms with E-state index in [4.69, 9.17) is 14.2 Å². The lowest BCUT2D eigenvalue weighted by molar-refractivity contribution is 0.0715. The molecule has 0 radical (unpaired) electrons. The molecule has 27 heavy (non-hydrogen) atoms. The molecule has 3 atom stereocenters. The van der Waals surface area contributed by atoms with Gasteiger partial charge in [-0.1, -0.05) is 44.2 Å². The number of aliphatic hydroxyl groups is 1. The van der Waals surface area contributed by atoms with Crippen molar-refractivity contribution in [3.8, 4) is 11.5 Å². The van der Waals surface area contributed by atoms with Crippen LogP contribution < -0.4 is 9.47 Å². The molecule has 1 saturated heterocycles. The van der Waals surface area contributed by atoms with Crippen LogP contribution in [-0.4, -0.2) is 32.5 Å². The third kappa shape index (κ3) is 4.82. The molecule has 1 fully saturated rings. The van der Waals surface area contributed by atoms with Gasteiger partial charge in [-0.15, -0.1) is 0 Å². The van der Waals surface area contributed by atoms with Crippen molar-refractivity contribution in [3.05, 3.63) is 59.2 Å². The van der Waals surface area contributed by atoms with E-state index in [9.17, 15) is 5.11 Å². The highest BCUT2D eigenvalue weighted by atomic mass is 16.5. The van der Waals surface area contributed by atoms with Crippen LogP contribution in [0.2, 0.25) is 0 Å². The molecule has 0 saturated carbocycles. The average molecular weight is 373 g/mol. The number of aliphatic hydroxyl groups excluding tert-OH is 1. The molecular formula is C23H32O4. The van der Waals surface area contributed by atoms with Crippen molar-refractivity contribution in [3.63, 3.8) is 0 Å². The number of ether oxygens (including phenoxy) is 3. The monoisotopic (exact) mass is 372 g/mol. The lowest BCUT2D eigenvalue weighted by Crippen LogP contribution is -2.21. The van der Waals surface area contributed by atoms with E-state index in [-0.39, 0.29) is 24.5 Å². The van der Waals surface area contributed by atoms with Gasteiger partial charge in [-0.2, -0.15) is 0 Å². The fourth-order valence-corrected chi connectivity index (χ4v) is 3.71. The van der Waals surface area contributed by atoms with Crippen LogP contribution in [0.5, 0.6) is 11.5 Å². The Labute approximate surface area is 163 Å². The van der Waals surface area contributed by atoms with E-state index in [0.29, 0.717) is 6.61 Å². The first kappa shape index (κ1) is 21.3. The molecule has 2 aromatic rings. The summed E-state index contributed by atoms with van der Waals surface area (Å²) in [4.78, 5) is 0. The van der Waals surface area contributed by atoms with Crippen molar-refractivity contribution < 1.29 is 19.3 Å². The van der Waals surface area contributed by atoms with Crippen molar-refractivity contribution in [1.29, 1.82) is 0 Å². The van der Waals surface area contributed by atoms with Crippen molar-refractivity contribution in [1.82, 2.24) is 0 Å². The molecule has 1 N–H and O–H groups in total. The summed E-state index contributed by atoms with van der Waals surface area (Å²) in [5.41, 5.74) is 3.23. The van der Waals surface area contributed by atoms with Gasteiger partial charge >= 0.3 is 0 Å². The Balaban J connectivity index is 0.00000126. The first-order chi connectivity index (χ1) is 13.2. The van der Waals surface area contributed by atoms with Crippen LogP contribution in [0.1, 0.15) is 36.6 Å². The fraction of sp³-hybridized carbons (Fsp3) is 0.478. The molecule has 3 rings (SSSR count). The van der Waals surface area contributed by atoms with E-state index < -0.39 is 0 Å². The number of benzene rings is 2. The molecule has 1 aliphatic heterocycles. The van der Waals surface area contributed by atoms with Gasteiger partial charge in [0.15, 0.2) is 0 Å². The molecule has 4 nitrogen and oxygen atoms in total. The molecule has 0 aromatic heterocycles. The standard InChI is InChI=1S/C21H26O4.C2H6/c1-14-19(23-2)10-16(11-20(14)24-3)21-18(12-22)17(13-25-21)9-15-7-5-4-6-8-15;1-2/h4-8,10-11,17-18,21-22H,9,12-13H2,1-3H3;1-2H3/t17-,18-,21?;/m0./s1. The Bertz CT molecular complexity index is 674. The largest absolute Gasteiger partial charge is 0.496 e. The third-order valence-corrected chi connectivity index (χ3v) is 5.14. The van der Waals surface area contributed by atoms with Gasteiger partial charge in [0.25, 0.3) is 0 Å². The zero-order chi connectivity index (χ0) is 19.8. The molecule has 2 aromatic carbocycles. The third-order valence-electron chi connectivity index (χ3n) is 5.14. The second-order valence-electron chi connectivity index (χ2n) is 6.60. The Morgan fingerprint density at radius 2 is 1.63 bits per heavy atom. The van der Waals surface area contributed by atoms with Crippen LogP contribution in [0.3, 0.4) is 0 Å².